The number of unbranched alkanes of at least 4 members (excludes halogenated alkanes) is 5. The molecule has 0 aromatic carbocycles. The standard InChI is InChI=1S/C18H35NO3.C2H2/c20-15-16-14-17(21)10-12-19(16)11-6-4-2-1-3-5-8-18-9-7-13-22-18;1-2/h16-18,20-21H,1-15H2;1-2H/t16-,17+,18?;/m0./s1. The normalized spacial score (nSPS) is 27.6. The lowest BCUT2D eigenvalue weighted by atomic mass is 9.99. The van der Waals surface area contributed by atoms with Gasteiger partial charge in [-0.2, -0.15) is 0 Å². The third kappa shape index (κ3) is 8.48. The molecule has 2 rings (SSSR count). The number of ether oxygens (including phenoxy) is 1. The van der Waals surface area contributed by atoms with E-state index in [1.54, 1.807) is 0 Å². The zero-order valence-corrected chi connectivity index (χ0v) is 15.2. The fourth-order valence-electron chi connectivity index (χ4n) is 3.83. The molecule has 4 nitrogen and oxygen atoms in total. The minimum atomic E-state index is -0.211. The van der Waals surface area contributed by atoms with Crippen LogP contribution in [-0.4, -0.2) is 59.7 Å². The number of hydrogen-bond donors (Lipinski definition) is 2. The summed E-state index contributed by atoms with van der Waals surface area (Å²) < 4.78 is 5.65. The van der Waals surface area contributed by atoms with Crippen molar-refractivity contribution in [3.8, 4) is 12.8 Å². The van der Waals surface area contributed by atoms with Crippen molar-refractivity contribution in [2.24, 2.45) is 0 Å². The van der Waals surface area contributed by atoms with Gasteiger partial charge < -0.3 is 14.9 Å². The van der Waals surface area contributed by atoms with E-state index in [9.17, 15) is 10.2 Å². The van der Waals surface area contributed by atoms with Crippen molar-refractivity contribution in [2.75, 3.05) is 26.3 Å². The lowest BCUT2D eigenvalue weighted by molar-refractivity contribution is 0.0163. The molecule has 2 N–H and O–H groups in total. The topological polar surface area (TPSA) is 52.9 Å². The Labute approximate surface area is 148 Å². The van der Waals surface area contributed by atoms with E-state index < -0.39 is 0 Å². The van der Waals surface area contributed by atoms with Gasteiger partial charge in [0.05, 0.1) is 18.8 Å². The highest BCUT2D eigenvalue weighted by atomic mass is 16.5. The van der Waals surface area contributed by atoms with Gasteiger partial charge in [0.15, 0.2) is 0 Å². The van der Waals surface area contributed by atoms with Gasteiger partial charge in [0.2, 0.25) is 0 Å². The second kappa shape index (κ2) is 13.7. The molecule has 0 bridgehead atoms. The van der Waals surface area contributed by atoms with Crippen LogP contribution in [0.4, 0.5) is 0 Å². The second-order valence-electron chi connectivity index (χ2n) is 7.10. The average molecular weight is 340 g/mol. The van der Waals surface area contributed by atoms with Crippen LogP contribution in [0.2, 0.25) is 0 Å². The molecule has 3 atom stereocenters. The molecule has 0 aliphatic carbocycles. The van der Waals surface area contributed by atoms with Crippen molar-refractivity contribution < 1.29 is 14.9 Å². The quantitative estimate of drug-likeness (QED) is 0.475. The van der Waals surface area contributed by atoms with E-state index in [1.807, 2.05) is 0 Å². The summed E-state index contributed by atoms with van der Waals surface area (Å²) in [6.45, 7) is 3.18. The van der Waals surface area contributed by atoms with Crippen LogP contribution in [0.1, 0.15) is 70.6 Å². The third-order valence-electron chi connectivity index (χ3n) is 5.27. The summed E-state index contributed by atoms with van der Waals surface area (Å²) >= 11 is 0. The smallest absolute Gasteiger partial charge is 0.0587 e. The Balaban J connectivity index is 0.00000139. The number of terminal acetylenes is 1. The second-order valence-corrected chi connectivity index (χ2v) is 7.10. The molecule has 0 spiro atoms. The number of likely N-dealkylation sites (tertiary alicyclic amines) is 1. The van der Waals surface area contributed by atoms with Gasteiger partial charge >= 0.3 is 0 Å². The zero-order valence-electron chi connectivity index (χ0n) is 15.2. The SMILES string of the molecule is C#C.OC[C@@H]1C[C@H](O)CCN1CCCCCCCCC1CCCO1. The largest absolute Gasteiger partial charge is 0.395 e. The van der Waals surface area contributed by atoms with E-state index in [1.165, 1.54) is 57.8 Å². The Kier molecular flexibility index (Phi) is 12.2. The highest BCUT2D eigenvalue weighted by molar-refractivity contribution is 4.80. The number of hydrogen-bond acceptors (Lipinski definition) is 4. The number of nitrogens with zero attached hydrogens (tertiary/aromatic N) is 1. The van der Waals surface area contributed by atoms with Crippen LogP contribution in [-0.2, 0) is 4.74 Å². The third-order valence-corrected chi connectivity index (χ3v) is 5.27. The highest BCUT2D eigenvalue weighted by Gasteiger charge is 2.26. The summed E-state index contributed by atoms with van der Waals surface area (Å²) in [5.74, 6) is 0. The molecule has 2 saturated heterocycles. The van der Waals surface area contributed by atoms with E-state index >= 15 is 0 Å². The van der Waals surface area contributed by atoms with Gasteiger partial charge in [0.1, 0.15) is 0 Å². The van der Waals surface area contributed by atoms with Crippen LogP contribution in [0.25, 0.3) is 0 Å². The molecular formula is C20H37NO3. The molecule has 0 aromatic rings. The summed E-state index contributed by atoms with van der Waals surface area (Å²) in [5, 5.41) is 19.1. The predicted octanol–water partition coefficient (Wildman–Crippen LogP) is 2.96. The van der Waals surface area contributed by atoms with Crippen LogP contribution in [0, 0.1) is 12.8 Å². The van der Waals surface area contributed by atoms with Crippen molar-refractivity contribution in [2.45, 2.75) is 88.9 Å². The molecule has 0 radical (unpaired) electrons. The molecule has 0 aromatic heterocycles. The van der Waals surface area contributed by atoms with E-state index in [4.69, 9.17) is 4.74 Å². The van der Waals surface area contributed by atoms with E-state index in [0.29, 0.717) is 6.10 Å². The van der Waals surface area contributed by atoms with Gasteiger partial charge in [-0.25, -0.2) is 0 Å². The average Bonchev–Trinajstić information content (AvgIpc) is 3.13. The first kappa shape index (κ1) is 21.4. The van der Waals surface area contributed by atoms with Gasteiger partial charge in [-0.1, -0.05) is 32.1 Å². The first-order chi connectivity index (χ1) is 11.8. The summed E-state index contributed by atoms with van der Waals surface area (Å²) in [7, 11) is 0. The summed E-state index contributed by atoms with van der Waals surface area (Å²) in [5.41, 5.74) is 0. The van der Waals surface area contributed by atoms with E-state index in [-0.39, 0.29) is 18.8 Å². The Hall–Kier alpha value is -0.600. The fourth-order valence-corrected chi connectivity index (χ4v) is 3.83. The van der Waals surface area contributed by atoms with Crippen LogP contribution in [0.5, 0.6) is 0 Å². The molecule has 2 heterocycles. The van der Waals surface area contributed by atoms with Gasteiger partial charge in [0, 0.05) is 19.2 Å². The van der Waals surface area contributed by atoms with E-state index in [2.05, 4.69) is 17.7 Å². The molecular weight excluding hydrogens is 302 g/mol. The molecule has 2 aliphatic rings. The molecule has 1 unspecified atom stereocenters. The number of aliphatic hydroxyl groups is 2. The maximum absolute atomic E-state index is 9.65. The predicted molar refractivity (Wildman–Crippen MR) is 98.9 cm³/mol. The Morgan fingerprint density at radius 3 is 2.38 bits per heavy atom. The van der Waals surface area contributed by atoms with Crippen LogP contribution in [0.15, 0.2) is 0 Å². The molecule has 4 heteroatoms. The van der Waals surface area contributed by atoms with Crippen LogP contribution < -0.4 is 0 Å². The van der Waals surface area contributed by atoms with Gasteiger partial charge in [-0.15, -0.1) is 12.8 Å². The first-order valence-electron chi connectivity index (χ1n) is 9.77. The van der Waals surface area contributed by atoms with Crippen molar-refractivity contribution in [3.63, 3.8) is 0 Å². The number of rotatable bonds is 10. The summed E-state index contributed by atoms with van der Waals surface area (Å²) in [6.07, 6.45) is 21.6. The molecule has 2 fully saturated rings. The first-order valence-corrected chi connectivity index (χ1v) is 9.77. The van der Waals surface area contributed by atoms with Gasteiger partial charge in [-0.3, -0.25) is 4.90 Å². The monoisotopic (exact) mass is 339 g/mol. The van der Waals surface area contributed by atoms with Crippen molar-refractivity contribution >= 4 is 0 Å². The van der Waals surface area contributed by atoms with Crippen LogP contribution in [0.3, 0.4) is 0 Å². The molecule has 0 amide bonds. The maximum Gasteiger partial charge on any atom is 0.0587 e. The van der Waals surface area contributed by atoms with Gasteiger partial charge in [-0.05, 0) is 45.1 Å². The van der Waals surface area contributed by atoms with Crippen molar-refractivity contribution in [3.05, 3.63) is 0 Å². The van der Waals surface area contributed by atoms with Crippen molar-refractivity contribution in [1.29, 1.82) is 0 Å². The zero-order chi connectivity index (χ0) is 17.6. The lowest BCUT2D eigenvalue weighted by Gasteiger charge is -2.36. The minimum Gasteiger partial charge on any atom is -0.395 e. The summed E-state index contributed by atoms with van der Waals surface area (Å²) in [6, 6.07) is 0.176. The van der Waals surface area contributed by atoms with Crippen LogP contribution >= 0.6 is 0 Å². The maximum atomic E-state index is 9.65. The Morgan fingerprint density at radius 1 is 1.00 bits per heavy atom. The summed E-state index contributed by atoms with van der Waals surface area (Å²) in [4.78, 5) is 2.37. The Morgan fingerprint density at radius 2 is 1.71 bits per heavy atom. The molecule has 0 saturated carbocycles. The highest BCUT2D eigenvalue weighted by Crippen LogP contribution is 2.20. The minimum absolute atomic E-state index is 0.176. The van der Waals surface area contributed by atoms with Gasteiger partial charge in [0.25, 0.3) is 0 Å². The Bertz CT molecular complexity index is 315. The number of piperidine rings is 1. The number of aliphatic hydroxyl groups excluding tert-OH is 2. The van der Waals surface area contributed by atoms with E-state index in [0.717, 1.165) is 32.5 Å². The van der Waals surface area contributed by atoms with Crippen molar-refractivity contribution in [1.82, 2.24) is 4.90 Å². The lowest BCUT2D eigenvalue weighted by Crippen LogP contribution is -2.46. The molecule has 140 valence electrons. The molecule has 24 heavy (non-hydrogen) atoms. The molecule has 2 aliphatic heterocycles. The fraction of sp³-hybridized carbons (Fsp3) is 0.900.